The predicted octanol–water partition coefficient (Wildman–Crippen LogP) is 4.66. The minimum Gasteiger partial charge on any atom is -0.415 e. The van der Waals surface area contributed by atoms with Gasteiger partial charge in [-0.15, -0.1) is 0 Å². The second-order valence-corrected chi connectivity index (χ2v) is 15.0. The number of rotatable bonds is 5. The van der Waals surface area contributed by atoms with Gasteiger partial charge in [0.2, 0.25) is 0 Å². The summed E-state index contributed by atoms with van der Waals surface area (Å²) in [5, 5.41) is 10.9. The van der Waals surface area contributed by atoms with E-state index in [1.54, 1.807) is 0 Å². The molecule has 0 aromatic heterocycles. The number of nitrogens with zero attached hydrogens (tertiary/aromatic N) is 1. The minimum absolute atomic E-state index is 0.229. The lowest BCUT2D eigenvalue weighted by atomic mass is 9.91. The van der Waals surface area contributed by atoms with E-state index < -0.39 is 13.9 Å². The molecule has 0 radical (unpaired) electrons. The average molecular weight is 442 g/mol. The lowest BCUT2D eigenvalue weighted by Gasteiger charge is -2.39. The molecule has 3 rings (SSSR count). The highest BCUT2D eigenvalue weighted by Gasteiger charge is 2.40. The molecule has 2 aliphatic heterocycles. The molecule has 26 heavy (non-hydrogen) atoms. The molecule has 6 heteroatoms. The van der Waals surface area contributed by atoms with E-state index in [0.717, 1.165) is 35.3 Å². The van der Waals surface area contributed by atoms with Gasteiger partial charge in [-0.2, -0.15) is 0 Å². The van der Waals surface area contributed by atoms with Crippen molar-refractivity contribution in [2.24, 2.45) is 0 Å². The molecule has 0 amide bonds. The van der Waals surface area contributed by atoms with Crippen molar-refractivity contribution in [1.82, 2.24) is 0 Å². The second-order valence-electron chi connectivity index (χ2n) is 9.28. The van der Waals surface area contributed by atoms with Gasteiger partial charge in [0.05, 0.1) is 25.9 Å². The largest absolute Gasteiger partial charge is 0.415 e. The molecule has 2 aliphatic rings. The fourth-order valence-electron chi connectivity index (χ4n) is 3.34. The highest BCUT2D eigenvalue weighted by atomic mass is 79.9. The van der Waals surface area contributed by atoms with E-state index in [2.05, 4.69) is 66.8 Å². The molecule has 0 saturated carbocycles. The van der Waals surface area contributed by atoms with Crippen molar-refractivity contribution in [2.75, 3.05) is 31.3 Å². The Morgan fingerprint density at radius 1 is 1.31 bits per heavy atom. The number of halogens is 1. The van der Waals surface area contributed by atoms with Gasteiger partial charge in [-0.05, 0) is 54.7 Å². The van der Waals surface area contributed by atoms with Gasteiger partial charge >= 0.3 is 0 Å². The SMILES string of the molecule is CC(C)(C)[Si](C)(C)OCC1CCCN1c1cc(Br)cc(C2(O)COC2)c1. The first kappa shape index (κ1) is 20.3. The minimum atomic E-state index is -1.74. The van der Waals surface area contributed by atoms with Crippen molar-refractivity contribution in [3.05, 3.63) is 28.2 Å². The molecule has 0 bridgehead atoms. The first-order chi connectivity index (χ1) is 12.0. The fraction of sp³-hybridized carbons (Fsp3) is 0.700. The molecule has 0 spiro atoms. The van der Waals surface area contributed by atoms with Crippen LogP contribution in [0.25, 0.3) is 0 Å². The molecular weight excluding hydrogens is 410 g/mol. The summed E-state index contributed by atoms with van der Waals surface area (Å²) in [5.74, 6) is 0. The van der Waals surface area contributed by atoms with Crippen molar-refractivity contribution in [3.8, 4) is 0 Å². The van der Waals surface area contributed by atoms with Gasteiger partial charge in [-0.1, -0.05) is 36.7 Å². The quantitative estimate of drug-likeness (QED) is 0.674. The number of benzene rings is 1. The number of hydrogen-bond donors (Lipinski definition) is 1. The van der Waals surface area contributed by atoms with E-state index in [1.165, 1.54) is 6.42 Å². The molecule has 2 saturated heterocycles. The van der Waals surface area contributed by atoms with Crippen LogP contribution in [-0.2, 0) is 14.8 Å². The van der Waals surface area contributed by atoms with Crippen molar-refractivity contribution in [1.29, 1.82) is 0 Å². The van der Waals surface area contributed by atoms with E-state index in [4.69, 9.17) is 9.16 Å². The van der Waals surface area contributed by atoms with Gasteiger partial charge in [0.25, 0.3) is 0 Å². The Morgan fingerprint density at radius 3 is 2.58 bits per heavy atom. The Morgan fingerprint density at radius 2 is 2.00 bits per heavy atom. The first-order valence-corrected chi connectivity index (χ1v) is 13.2. The number of anilines is 1. The van der Waals surface area contributed by atoms with Crippen molar-refractivity contribution >= 4 is 29.9 Å². The van der Waals surface area contributed by atoms with Crippen LogP contribution in [0.15, 0.2) is 22.7 Å². The molecule has 4 nitrogen and oxygen atoms in total. The molecule has 1 atom stereocenters. The van der Waals surface area contributed by atoms with Crippen LogP contribution >= 0.6 is 15.9 Å². The topological polar surface area (TPSA) is 41.9 Å². The van der Waals surface area contributed by atoms with E-state index >= 15 is 0 Å². The zero-order chi connectivity index (χ0) is 19.2. The summed E-state index contributed by atoms with van der Waals surface area (Å²) < 4.78 is 12.7. The molecule has 0 aliphatic carbocycles. The highest BCUT2D eigenvalue weighted by Crippen LogP contribution is 2.39. The van der Waals surface area contributed by atoms with Crippen LogP contribution in [-0.4, -0.2) is 45.8 Å². The van der Waals surface area contributed by atoms with Gasteiger partial charge in [-0.25, -0.2) is 0 Å². The van der Waals surface area contributed by atoms with E-state index in [9.17, 15) is 5.11 Å². The normalized spacial score (nSPS) is 23.2. The van der Waals surface area contributed by atoms with Crippen molar-refractivity contribution in [3.63, 3.8) is 0 Å². The van der Waals surface area contributed by atoms with Crippen LogP contribution < -0.4 is 4.90 Å². The first-order valence-electron chi connectivity index (χ1n) is 9.54. The Hall–Kier alpha value is -0.403. The summed E-state index contributed by atoms with van der Waals surface area (Å²) in [6.45, 7) is 14.1. The third-order valence-corrected chi connectivity index (χ3v) is 11.2. The summed E-state index contributed by atoms with van der Waals surface area (Å²) >= 11 is 3.62. The third kappa shape index (κ3) is 4.04. The average Bonchev–Trinajstić information content (AvgIpc) is 2.97. The van der Waals surface area contributed by atoms with Gasteiger partial charge in [0, 0.05) is 16.7 Å². The smallest absolute Gasteiger partial charge is 0.192 e. The number of hydrogen-bond acceptors (Lipinski definition) is 4. The summed E-state index contributed by atoms with van der Waals surface area (Å²) in [6.07, 6.45) is 2.34. The molecule has 2 fully saturated rings. The molecule has 1 aromatic rings. The second kappa shape index (κ2) is 7.21. The Kier molecular flexibility index (Phi) is 5.64. The fourth-order valence-corrected chi connectivity index (χ4v) is 4.86. The maximum absolute atomic E-state index is 10.7. The van der Waals surface area contributed by atoms with Crippen LogP contribution in [0.2, 0.25) is 18.1 Å². The Balaban J connectivity index is 1.76. The Labute approximate surface area is 167 Å². The lowest BCUT2D eigenvalue weighted by molar-refractivity contribution is -0.184. The van der Waals surface area contributed by atoms with E-state index in [0.29, 0.717) is 19.3 Å². The zero-order valence-electron chi connectivity index (χ0n) is 16.6. The van der Waals surface area contributed by atoms with Crippen LogP contribution in [0.4, 0.5) is 5.69 Å². The molecule has 1 unspecified atom stereocenters. The van der Waals surface area contributed by atoms with E-state index in [-0.39, 0.29) is 5.04 Å². The molecular formula is C20H32BrNO3Si. The molecule has 2 heterocycles. The molecule has 146 valence electrons. The van der Waals surface area contributed by atoms with E-state index in [1.807, 2.05) is 6.07 Å². The van der Waals surface area contributed by atoms with Gasteiger partial charge in [-0.3, -0.25) is 0 Å². The van der Waals surface area contributed by atoms with Crippen LogP contribution in [0.3, 0.4) is 0 Å². The monoisotopic (exact) mass is 441 g/mol. The molecule has 1 N–H and O–H groups in total. The summed E-state index contributed by atoms with van der Waals surface area (Å²) in [7, 11) is -1.74. The summed E-state index contributed by atoms with van der Waals surface area (Å²) in [5.41, 5.74) is 1.26. The van der Waals surface area contributed by atoms with Gasteiger partial charge < -0.3 is 19.2 Å². The van der Waals surface area contributed by atoms with Crippen molar-refractivity contribution < 1.29 is 14.3 Å². The number of aliphatic hydroxyl groups is 1. The number of ether oxygens (including phenoxy) is 1. The zero-order valence-corrected chi connectivity index (χ0v) is 19.2. The van der Waals surface area contributed by atoms with Crippen LogP contribution in [0.5, 0.6) is 0 Å². The lowest BCUT2D eigenvalue weighted by Crippen LogP contribution is -2.47. The van der Waals surface area contributed by atoms with Crippen molar-refractivity contribution in [2.45, 2.75) is 63.4 Å². The predicted molar refractivity (Wildman–Crippen MR) is 112 cm³/mol. The Bertz CT molecular complexity index is 655. The molecule has 1 aromatic carbocycles. The highest BCUT2D eigenvalue weighted by molar-refractivity contribution is 9.10. The van der Waals surface area contributed by atoms with Crippen LogP contribution in [0.1, 0.15) is 39.2 Å². The summed E-state index contributed by atoms with van der Waals surface area (Å²) in [6, 6.07) is 6.68. The standard InChI is InChI=1S/C20H32BrNO3Si/c1-19(2,3)26(4,5)25-12-17-7-6-8-22(17)18-10-15(9-16(21)11-18)20(23)13-24-14-20/h9-11,17,23H,6-8,12-14H2,1-5H3. The third-order valence-electron chi connectivity index (χ3n) is 6.25. The van der Waals surface area contributed by atoms with Gasteiger partial charge in [0.1, 0.15) is 5.60 Å². The van der Waals surface area contributed by atoms with Crippen LogP contribution in [0, 0.1) is 0 Å². The van der Waals surface area contributed by atoms with Gasteiger partial charge in [0.15, 0.2) is 8.32 Å². The summed E-state index contributed by atoms with van der Waals surface area (Å²) in [4.78, 5) is 2.45. The maximum Gasteiger partial charge on any atom is 0.192 e. The maximum atomic E-state index is 10.7.